The second-order valence-corrected chi connectivity index (χ2v) is 10.6. The predicted octanol–water partition coefficient (Wildman–Crippen LogP) is 6.10. The molecule has 5 heterocycles. The zero-order chi connectivity index (χ0) is 28.7. The normalized spacial score (nSPS) is 15.9. The number of hydrogen-bond acceptors (Lipinski definition) is 10. The van der Waals surface area contributed by atoms with Crippen molar-refractivity contribution in [1.29, 1.82) is 0 Å². The number of nitrogens with zero attached hydrogens (tertiary/aromatic N) is 5. The molecule has 14 heteroatoms. The van der Waals surface area contributed by atoms with Gasteiger partial charge < -0.3 is 29.2 Å². The van der Waals surface area contributed by atoms with Crippen LogP contribution in [0.1, 0.15) is 12.8 Å². The Morgan fingerprint density at radius 2 is 2.15 bits per heavy atom. The van der Waals surface area contributed by atoms with Crippen molar-refractivity contribution in [2.75, 3.05) is 37.0 Å². The third-order valence-electron chi connectivity index (χ3n) is 6.82. The quantitative estimate of drug-likeness (QED) is 0.223. The van der Waals surface area contributed by atoms with Gasteiger partial charge in [0, 0.05) is 31.1 Å². The molecule has 0 amide bonds. The maximum absolute atomic E-state index is 12.8. The summed E-state index contributed by atoms with van der Waals surface area (Å²) in [5.41, 5.74) is 0.917. The summed E-state index contributed by atoms with van der Waals surface area (Å²) in [4.78, 5) is 11.3. The fraction of sp³-hybridized carbons (Fsp3) is 0.296. The minimum absolute atomic E-state index is 0.0668. The van der Waals surface area contributed by atoms with Crippen molar-refractivity contribution in [2.45, 2.75) is 19.0 Å². The van der Waals surface area contributed by atoms with Gasteiger partial charge in [-0.3, -0.25) is 0 Å². The Hall–Kier alpha value is -4.46. The number of benzene rings is 1. The topological polar surface area (TPSA) is 110 Å². The van der Waals surface area contributed by atoms with Gasteiger partial charge in [0.25, 0.3) is 5.19 Å². The lowest BCUT2D eigenvalue weighted by Crippen LogP contribution is -2.37. The average molecular weight is 587 g/mol. The fourth-order valence-electron chi connectivity index (χ4n) is 4.77. The molecule has 0 aliphatic carbocycles. The van der Waals surface area contributed by atoms with E-state index in [9.17, 15) is 18.3 Å². The van der Waals surface area contributed by atoms with Crippen LogP contribution in [0.5, 0.6) is 16.7 Å². The van der Waals surface area contributed by atoms with Crippen LogP contribution in [0.15, 0.2) is 59.4 Å². The molecule has 1 aromatic carbocycles. The number of anilines is 2. The molecule has 214 valence electrons. The number of nitrogens with one attached hydrogen (secondary N) is 1. The molecule has 1 atom stereocenters. The zero-order valence-corrected chi connectivity index (χ0v) is 22.6. The third-order valence-corrected chi connectivity index (χ3v) is 7.55. The van der Waals surface area contributed by atoms with Gasteiger partial charge in [0.15, 0.2) is 5.76 Å². The Bertz CT molecular complexity index is 1680. The number of imidazole rings is 1. The van der Waals surface area contributed by atoms with Crippen LogP contribution in [0.3, 0.4) is 0 Å². The number of hydrogen-bond donors (Lipinski definition) is 2. The van der Waals surface area contributed by atoms with Crippen LogP contribution in [0.4, 0.5) is 24.7 Å². The van der Waals surface area contributed by atoms with Crippen LogP contribution < -0.4 is 19.7 Å². The molecule has 5 aromatic rings. The summed E-state index contributed by atoms with van der Waals surface area (Å²) in [5, 5.41) is 16.5. The molecule has 4 aromatic heterocycles. The third kappa shape index (κ3) is 5.59. The van der Waals surface area contributed by atoms with Crippen molar-refractivity contribution in [3.05, 3.63) is 55.0 Å². The van der Waals surface area contributed by atoms with Gasteiger partial charge in [-0.1, -0.05) is 6.58 Å². The minimum Gasteiger partial charge on any atom is -0.496 e. The van der Waals surface area contributed by atoms with E-state index >= 15 is 0 Å². The van der Waals surface area contributed by atoms with Crippen LogP contribution in [0, 0.1) is 5.92 Å². The second-order valence-electron chi connectivity index (χ2n) is 9.65. The maximum Gasteiger partial charge on any atom is 0.430 e. The molecule has 0 bridgehead atoms. The zero-order valence-electron chi connectivity index (χ0n) is 21.8. The number of allylic oxidation sites excluding steroid dienone is 1. The van der Waals surface area contributed by atoms with E-state index in [0.717, 1.165) is 41.8 Å². The molecule has 1 fully saturated rings. The van der Waals surface area contributed by atoms with Gasteiger partial charge in [0.05, 0.1) is 37.2 Å². The summed E-state index contributed by atoms with van der Waals surface area (Å²) >= 11 is 1.06. The van der Waals surface area contributed by atoms with Gasteiger partial charge in [0.2, 0.25) is 4.96 Å². The van der Waals surface area contributed by atoms with E-state index in [1.54, 1.807) is 31.6 Å². The number of fused-ring (bicyclic) bond motifs is 2. The van der Waals surface area contributed by atoms with E-state index in [0.29, 0.717) is 46.6 Å². The SMILES string of the molecule is C=C(Nc1ccc(N2CCCC(COc3cc(OC)cc4oc(-c5cn6nc(O)sc6n5)cc34)C2)cn1)C(F)(F)F. The number of piperidine rings is 1. The number of aromatic nitrogens is 4. The lowest BCUT2D eigenvalue weighted by atomic mass is 9.98. The molecular weight excluding hydrogens is 561 g/mol. The van der Waals surface area contributed by atoms with E-state index in [1.807, 2.05) is 12.1 Å². The summed E-state index contributed by atoms with van der Waals surface area (Å²) in [5.74, 6) is 2.02. The highest BCUT2D eigenvalue weighted by molar-refractivity contribution is 7.18. The molecule has 1 unspecified atom stereocenters. The molecule has 0 spiro atoms. The first-order valence-electron chi connectivity index (χ1n) is 12.7. The standard InChI is InChI=1S/C27H25F3N6O4S/c1-15(27(28,29)30)32-24-6-5-17(11-31-24)35-7-3-4-16(12-35)14-39-21-8-18(38-2)9-22-19(21)10-23(40-22)20-13-36-25(33-20)41-26(37)34-36/h5-6,8-11,13,16H,1,3-4,7,12,14H2,2H3,(H,31,32)(H,34,37). The number of methoxy groups -OCH3 is 1. The number of ether oxygens (including phenoxy) is 2. The second kappa shape index (κ2) is 10.5. The van der Waals surface area contributed by atoms with Crippen LogP contribution in [-0.4, -0.2) is 57.7 Å². The number of aromatic hydroxyl groups is 1. The van der Waals surface area contributed by atoms with E-state index in [-0.39, 0.29) is 16.9 Å². The van der Waals surface area contributed by atoms with Crippen molar-refractivity contribution in [1.82, 2.24) is 19.6 Å². The van der Waals surface area contributed by atoms with Crippen molar-refractivity contribution in [2.24, 2.45) is 5.92 Å². The number of halogens is 3. The molecule has 0 radical (unpaired) electrons. The minimum atomic E-state index is -4.54. The summed E-state index contributed by atoms with van der Waals surface area (Å²) in [6.45, 7) is 4.98. The van der Waals surface area contributed by atoms with Crippen LogP contribution in [0.2, 0.25) is 0 Å². The van der Waals surface area contributed by atoms with E-state index in [4.69, 9.17) is 13.9 Å². The van der Waals surface area contributed by atoms with Gasteiger partial charge in [0.1, 0.15) is 34.3 Å². The van der Waals surface area contributed by atoms with E-state index in [1.165, 1.54) is 10.6 Å². The molecule has 1 saturated heterocycles. The molecular formula is C27H25F3N6O4S. The van der Waals surface area contributed by atoms with Gasteiger partial charge >= 0.3 is 6.18 Å². The van der Waals surface area contributed by atoms with Crippen LogP contribution in [-0.2, 0) is 0 Å². The average Bonchev–Trinajstić information content (AvgIpc) is 3.64. The summed E-state index contributed by atoms with van der Waals surface area (Å²) < 4.78 is 57.6. The molecule has 10 nitrogen and oxygen atoms in total. The Labute approximate surface area is 235 Å². The molecule has 0 saturated carbocycles. The highest BCUT2D eigenvalue weighted by Crippen LogP contribution is 2.38. The first-order valence-corrected chi connectivity index (χ1v) is 13.5. The molecule has 1 aliphatic rings. The van der Waals surface area contributed by atoms with Gasteiger partial charge in [-0.05, 0) is 42.4 Å². The summed E-state index contributed by atoms with van der Waals surface area (Å²) in [7, 11) is 1.57. The highest BCUT2D eigenvalue weighted by Gasteiger charge is 2.32. The number of alkyl halides is 3. The number of pyridine rings is 1. The number of furan rings is 1. The first kappa shape index (κ1) is 26.7. The van der Waals surface area contributed by atoms with Crippen molar-refractivity contribution >= 4 is 38.8 Å². The lowest BCUT2D eigenvalue weighted by molar-refractivity contribution is -0.0899. The molecule has 41 heavy (non-hydrogen) atoms. The van der Waals surface area contributed by atoms with E-state index < -0.39 is 11.9 Å². The monoisotopic (exact) mass is 586 g/mol. The molecule has 2 N–H and O–H groups in total. The maximum atomic E-state index is 12.8. The number of rotatable bonds is 8. The predicted molar refractivity (Wildman–Crippen MR) is 148 cm³/mol. The Kier molecular flexibility index (Phi) is 6.85. The van der Waals surface area contributed by atoms with Crippen molar-refractivity contribution in [3.63, 3.8) is 0 Å². The van der Waals surface area contributed by atoms with Crippen LogP contribution >= 0.6 is 11.3 Å². The van der Waals surface area contributed by atoms with Gasteiger partial charge in [-0.2, -0.15) is 13.2 Å². The summed E-state index contributed by atoms with van der Waals surface area (Å²) in [6.07, 6.45) is 0.602. The Morgan fingerprint density at radius 1 is 1.29 bits per heavy atom. The first-order chi connectivity index (χ1) is 19.7. The van der Waals surface area contributed by atoms with Crippen LogP contribution in [0.25, 0.3) is 27.4 Å². The fourth-order valence-corrected chi connectivity index (χ4v) is 5.39. The molecule has 1 aliphatic heterocycles. The van der Waals surface area contributed by atoms with E-state index in [2.05, 4.69) is 31.9 Å². The lowest BCUT2D eigenvalue weighted by Gasteiger charge is -2.34. The van der Waals surface area contributed by atoms with Gasteiger partial charge in [-0.25, -0.2) is 14.5 Å². The van der Waals surface area contributed by atoms with Crippen molar-refractivity contribution in [3.8, 4) is 28.1 Å². The smallest absolute Gasteiger partial charge is 0.430 e. The highest BCUT2D eigenvalue weighted by atomic mass is 32.1. The summed E-state index contributed by atoms with van der Waals surface area (Å²) in [6, 6.07) is 8.72. The Morgan fingerprint density at radius 3 is 2.88 bits per heavy atom. The largest absolute Gasteiger partial charge is 0.496 e. The van der Waals surface area contributed by atoms with Crippen molar-refractivity contribution < 1.29 is 32.2 Å². The van der Waals surface area contributed by atoms with Gasteiger partial charge in [-0.15, -0.1) is 5.10 Å². The Balaban J connectivity index is 1.15. The molecule has 6 rings (SSSR count).